The third kappa shape index (κ3) is 2.23. The number of nitrogens with zero attached hydrogens (tertiary/aromatic N) is 2. The SMILES string of the molecule is CCCn1nc(C)c(-c2ccc(N)c(Cl)c2)c1C. The van der Waals surface area contributed by atoms with Crippen molar-refractivity contribution in [1.82, 2.24) is 9.78 Å². The number of nitrogen functional groups attached to an aromatic ring is 1. The highest BCUT2D eigenvalue weighted by Gasteiger charge is 2.13. The lowest BCUT2D eigenvalue weighted by atomic mass is 10.0. The van der Waals surface area contributed by atoms with E-state index in [1.165, 1.54) is 5.69 Å². The predicted molar refractivity (Wildman–Crippen MR) is 76.9 cm³/mol. The van der Waals surface area contributed by atoms with E-state index in [0.29, 0.717) is 10.7 Å². The number of aryl methyl sites for hydroxylation is 2. The Morgan fingerprint density at radius 1 is 1.33 bits per heavy atom. The van der Waals surface area contributed by atoms with Gasteiger partial charge in [0.05, 0.1) is 16.4 Å². The van der Waals surface area contributed by atoms with Gasteiger partial charge < -0.3 is 5.73 Å². The van der Waals surface area contributed by atoms with Crippen LogP contribution in [0.25, 0.3) is 11.1 Å². The van der Waals surface area contributed by atoms with Gasteiger partial charge in [-0.3, -0.25) is 4.68 Å². The van der Waals surface area contributed by atoms with Crippen molar-refractivity contribution in [2.24, 2.45) is 0 Å². The number of hydrogen-bond donors (Lipinski definition) is 1. The minimum absolute atomic E-state index is 0.592. The smallest absolute Gasteiger partial charge is 0.0674 e. The number of hydrogen-bond acceptors (Lipinski definition) is 2. The van der Waals surface area contributed by atoms with Crippen molar-refractivity contribution < 1.29 is 0 Å². The molecule has 4 heteroatoms. The molecule has 2 rings (SSSR count). The fourth-order valence-corrected chi connectivity index (χ4v) is 2.41. The molecule has 0 aliphatic heterocycles. The molecule has 0 radical (unpaired) electrons. The molecule has 0 saturated carbocycles. The lowest BCUT2D eigenvalue weighted by Crippen LogP contribution is -2.01. The second-order valence-corrected chi connectivity index (χ2v) is 4.91. The molecule has 2 aromatic rings. The summed E-state index contributed by atoms with van der Waals surface area (Å²) < 4.78 is 2.05. The summed E-state index contributed by atoms with van der Waals surface area (Å²) >= 11 is 6.08. The molecule has 0 aliphatic carbocycles. The highest BCUT2D eigenvalue weighted by molar-refractivity contribution is 6.33. The molecule has 0 fully saturated rings. The van der Waals surface area contributed by atoms with Gasteiger partial charge in [0.2, 0.25) is 0 Å². The Morgan fingerprint density at radius 3 is 2.67 bits per heavy atom. The molecule has 0 spiro atoms. The van der Waals surface area contributed by atoms with Gasteiger partial charge in [0.15, 0.2) is 0 Å². The van der Waals surface area contributed by atoms with Crippen LogP contribution in [0.1, 0.15) is 24.7 Å². The van der Waals surface area contributed by atoms with Gasteiger partial charge >= 0.3 is 0 Å². The van der Waals surface area contributed by atoms with E-state index in [1.54, 1.807) is 0 Å². The van der Waals surface area contributed by atoms with Gasteiger partial charge in [0.25, 0.3) is 0 Å². The molecule has 0 unspecified atom stereocenters. The van der Waals surface area contributed by atoms with Gasteiger partial charge in [-0.05, 0) is 38.0 Å². The quantitative estimate of drug-likeness (QED) is 0.856. The molecule has 0 amide bonds. The monoisotopic (exact) mass is 263 g/mol. The molecule has 2 N–H and O–H groups in total. The maximum Gasteiger partial charge on any atom is 0.0674 e. The van der Waals surface area contributed by atoms with Gasteiger partial charge in [0, 0.05) is 17.8 Å². The van der Waals surface area contributed by atoms with E-state index in [2.05, 4.69) is 23.6 Å². The topological polar surface area (TPSA) is 43.8 Å². The maximum atomic E-state index is 6.08. The fourth-order valence-electron chi connectivity index (χ4n) is 2.23. The molecule has 0 bridgehead atoms. The molecular weight excluding hydrogens is 246 g/mol. The van der Waals surface area contributed by atoms with Crippen LogP contribution < -0.4 is 5.73 Å². The number of halogens is 1. The average molecular weight is 264 g/mol. The number of benzene rings is 1. The van der Waals surface area contributed by atoms with Gasteiger partial charge in [0.1, 0.15) is 0 Å². The van der Waals surface area contributed by atoms with E-state index in [4.69, 9.17) is 17.3 Å². The molecule has 0 saturated heterocycles. The normalized spacial score (nSPS) is 10.9. The number of nitrogens with two attached hydrogens (primary N) is 1. The summed E-state index contributed by atoms with van der Waals surface area (Å²) in [6.45, 7) is 7.21. The van der Waals surface area contributed by atoms with Crippen LogP contribution in [0.3, 0.4) is 0 Å². The van der Waals surface area contributed by atoms with E-state index in [-0.39, 0.29) is 0 Å². The molecule has 1 aromatic carbocycles. The van der Waals surface area contributed by atoms with Gasteiger partial charge in [-0.2, -0.15) is 5.10 Å². The second-order valence-electron chi connectivity index (χ2n) is 4.51. The number of aromatic nitrogens is 2. The summed E-state index contributed by atoms with van der Waals surface area (Å²) in [6.07, 6.45) is 1.07. The van der Waals surface area contributed by atoms with Crippen molar-refractivity contribution in [3.8, 4) is 11.1 Å². The van der Waals surface area contributed by atoms with E-state index in [9.17, 15) is 0 Å². The van der Waals surface area contributed by atoms with Crippen LogP contribution in [0.15, 0.2) is 18.2 Å². The Bertz CT molecular complexity index is 573. The predicted octanol–water partition coefficient (Wildman–Crippen LogP) is 3.81. The maximum absolute atomic E-state index is 6.08. The fraction of sp³-hybridized carbons (Fsp3) is 0.357. The van der Waals surface area contributed by atoms with Crippen LogP contribution in [0.2, 0.25) is 5.02 Å². The standard InChI is InChI=1S/C14H18ClN3/c1-4-7-18-10(3)14(9(2)17-18)11-5-6-13(16)12(15)8-11/h5-6,8H,4,7,16H2,1-3H3. The van der Waals surface area contributed by atoms with Crippen molar-refractivity contribution in [1.29, 1.82) is 0 Å². The largest absolute Gasteiger partial charge is 0.398 e. The molecule has 1 heterocycles. The van der Waals surface area contributed by atoms with E-state index < -0.39 is 0 Å². The van der Waals surface area contributed by atoms with Crippen LogP contribution in [-0.4, -0.2) is 9.78 Å². The highest BCUT2D eigenvalue weighted by atomic mass is 35.5. The first-order valence-electron chi connectivity index (χ1n) is 6.14. The Hall–Kier alpha value is -1.48. The van der Waals surface area contributed by atoms with Crippen LogP contribution in [0.4, 0.5) is 5.69 Å². The Kier molecular flexibility index (Phi) is 3.62. The van der Waals surface area contributed by atoms with Crippen molar-refractivity contribution in [2.75, 3.05) is 5.73 Å². The number of anilines is 1. The summed E-state index contributed by atoms with van der Waals surface area (Å²) in [5, 5.41) is 5.16. The first-order chi connectivity index (χ1) is 8.54. The van der Waals surface area contributed by atoms with Crippen LogP contribution >= 0.6 is 11.6 Å². The van der Waals surface area contributed by atoms with E-state index in [0.717, 1.165) is 29.8 Å². The first-order valence-corrected chi connectivity index (χ1v) is 6.51. The Morgan fingerprint density at radius 2 is 2.06 bits per heavy atom. The molecule has 3 nitrogen and oxygen atoms in total. The summed E-state index contributed by atoms with van der Waals surface area (Å²) in [5.74, 6) is 0. The minimum Gasteiger partial charge on any atom is -0.398 e. The summed E-state index contributed by atoms with van der Waals surface area (Å²) in [5.41, 5.74) is 10.8. The summed E-state index contributed by atoms with van der Waals surface area (Å²) in [6, 6.07) is 5.74. The Labute approximate surface area is 113 Å². The van der Waals surface area contributed by atoms with E-state index in [1.807, 2.05) is 25.1 Å². The highest BCUT2D eigenvalue weighted by Crippen LogP contribution is 2.31. The molecule has 0 atom stereocenters. The summed E-state index contributed by atoms with van der Waals surface area (Å²) in [4.78, 5) is 0. The van der Waals surface area contributed by atoms with Crippen LogP contribution in [0.5, 0.6) is 0 Å². The Balaban J connectivity index is 2.53. The second kappa shape index (κ2) is 5.02. The zero-order chi connectivity index (χ0) is 13.3. The van der Waals surface area contributed by atoms with Crippen molar-refractivity contribution in [2.45, 2.75) is 33.7 Å². The third-order valence-electron chi connectivity index (χ3n) is 3.11. The molecule has 0 aliphatic rings. The van der Waals surface area contributed by atoms with Crippen molar-refractivity contribution >= 4 is 17.3 Å². The molecule has 96 valence electrons. The van der Waals surface area contributed by atoms with E-state index >= 15 is 0 Å². The molecular formula is C14H18ClN3. The zero-order valence-electron chi connectivity index (χ0n) is 11.0. The minimum atomic E-state index is 0.592. The lowest BCUT2D eigenvalue weighted by Gasteiger charge is -2.06. The molecule has 1 aromatic heterocycles. The van der Waals surface area contributed by atoms with Crippen LogP contribution in [-0.2, 0) is 6.54 Å². The van der Waals surface area contributed by atoms with Crippen molar-refractivity contribution in [3.05, 3.63) is 34.6 Å². The van der Waals surface area contributed by atoms with Gasteiger partial charge in [-0.25, -0.2) is 0 Å². The first kappa shape index (κ1) is 13.0. The number of rotatable bonds is 3. The van der Waals surface area contributed by atoms with Gasteiger partial charge in [-0.15, -0.1) is 0 Å². The third-order valence-corrected chi connectivity index (χ3v) is 3.43. The zero-order valence-corrected chi connectivity index (χ0v) is 11.8. The van der Waals surface area contributed by atoms with Gasteiger partial charge in [-0.1, -0.05) is 24.6 Å². The lowest BCUT2D eigenvalue weighted by molar-refractivity contribution is 0.583. The van der Waals surface area contributed by atoms with Crippen LogP contribution in [0, 0.1) is 13.8 Å². The summed E-state index contributed by atoms with van der Waals surface area (Å²) in [7, 11) is 0. The van der Waals surface area contributed by atoms with Crippen molar-refractivity contribution in [3.63, 3.8) is 0 Å². The molecule has 18 heavy (non-hydrogen) atoms. The average Bonchev–Trinajstić information content (AvgIpc) is 2.59.